The maximum Gasteiger partial charge on any atom is 0.119 e. The van der Waals surface area contributed by atoms with E-state index in [9.17, 15) is 0 Å². The van der Waals surface area contributed by atoms with E-state index in [0.29, 0.717) is 11.4 Å². The van der Waals surface area contributed by atoms with E-state index in [-0.39, 0.29) is 5.92 Å². The molecule has 3 aromatic rings. The standard InChI is InChI=1S/C20H18ClNO/c1-4-16(14-7-5-13(2)6-8-14)20-17-11-15(23-3)9-10-19(17)22-12-18(20)21/h5-12,16H,1-2,4H2,3H3. The summed E-state index contributed by atoms with van der Waals surface area (Å²) in [6.07, 6.45) is 2.41. The van der Waals surface area contributed by atoms with Gasteiger partial charge in [0.2, 0.25) is 0 Å². The van der Waals surface area contributed by atoms with Gasteiger partial charge in [-0.25, -0.2) is 0 Å². The molecule has 0 aliphatic heterocycles. The van der Waals surface area contributed by atoms with Crippen LogP contribution in [0.15, 0.2) is 48.7 Å². The average Bonchev–Trinajstić information content (AvgIpc) is 2.58. The fourth-order valence-corrected chi connectivity index (χ4v) is 3.16. The van der Waals surface area contributed by atoms with Crippen LogP contribution in [-0.4, -0.2) is 12.1 Å². The highest BCUT2D eigenvalue weighted by Crippen LogP contribution is 2.38. The van der Waals surface area contributed by atoms with Gasteiger partial charge in [-0.2, -0.15) is 0 Å². The molecule has 1 atom stereocenters. The molecule has 1 unspecified atom stereocenters. The molecule has 0 N–H and O–H groups in total. The zero-order valence-electron chi connectivity index (χ0n) is 13.1. The van der Waals surface area contributed by atoms with Crippen molar-refractivity contribution in [2.24, 2.45) is 0 Å². The van der Waals surface area contributed by atoms with Gasteiger partial charge in [-0.05, 0) is 48.2 Å². The second-order valence-corrected chi connectivity index (χ2v) is 5.89. The smallest absolute Gasteiger partial charge is 0.119 e. The van der Waals surface area contributed by atoms with Crippen LogP contribution in [0.2, 0.25) is 5.02 Å². The van der Waals surface area contributed by atoms with Gasteiger partial charge in [-0.3, -0.25) is 4.98 Å². The van der Waals surface area contributed by atoms with E-state index in [0.717, 1.165) is 27.8 Å². The van der Waals surface area contributed by atoms with Gasteiger partial charge in [0.05, 0.1) is 17.6 Å². The summed E-state index contributed by atoms with van der Waals surface area (Å²) in [6.45, 7) is 8.07. The summed E-state index contributed by atoms with van der Waals surface area (Å²) in [4.78, 5) is 4.42. The number of fused-ring (bicyclic) bond motifs is 1. The van der Waals surface area contributed by atoms with Crippen molar-refractivity contribution < 1.29 is 4.74 Å². The van der Waals surface area contributed by atoms with Crippen LogP contribution < -0.4 is 4.74 Å². The normalized spacial score (nSPS) is 12.3. The molecule has 23 heavy (non-hydrogen) atoms. The van der Waals surface area contributed by atoms with Crippen LogP contribution in [0.4, 0.5) is 0 Å². The number of hydrogen-bond donors (Lipinski definition) is 0. The predicted octanol–water partition coefficient (Wildman–Crippen LogP) is 5.44. The second-order valence-electron chi connectivity index (χ2n) is 5.49. The third-order valence-electron chi connectivity index (χ3n) is 4.09. The van der Waals surface area contributed by atoms with Gasteiger partial charge in [-0.15, -0.1) is 0 Å². The van der Waals surface area contributed by atoms with E-state index < -0.39 is 0 Å². The molecule has 2 radical (unpaired) electrons. The molecule has 3 heteroatoms. The molecular weight excluding hydrogens is 306 g/mol. The van der Waals surface area contributed by atoms with Crippen molar-refractivity contribution in [1.29, 1.82) is 0 Å². The third kappa shape index (κ3) is 3.04. The lowest BCUT2D eigenvalue weighted by Crippen LogP contribution is -2.03. The SMILES string of the molecule is [CH2]CC(c1ccc([CH2])cc1)c1c(Cl)cnc2ccc(OC)cc12. The van der Waals surface area contributed by atoms with E-state index in [1.54, 1.807) is 13.3 Å². The topological polar surface area (TPSA) is 22.1 Å². The molecule has 1 aromatic heterocycles. The highest BCUT2D eigenvalue weighted by Gasteiger charge is 2.19. The zero-order chi connectivity index (χ0) is 16.4. The summed E-state index contributed by atoms with van der Waals surface area (Å²) in [5.74, 6) is 0.888. The number of ether oxygens (including phenoxy) is 1. The number of pyridine rings is 1. The highest BCUT2D eigenvalue weighted by molar-refractivity contribution is 6.32. The minimum Gasteiger partial charge on any atom is -0.497 e. The van der Waals surface area contributed by atoms with Gasteiger partial charge in [0, 0.05) is 17.5 Å². The number of benzene rings is 2. The molecule has 1 heterocycles. The summed E-state index contributed by atoms with van der Waals surface area (Å²) in [5, 5.41) is 1.65. The molecule has 2 nitrogen and oxygen atoms in total. The quantitative estimate of drug-likeness (QED) is 0.638. The second kappa shape index (κ2) is 6.59. The number of methoxy groups -OCH3 is 1. The van der Waals surface area contributed by atoms with Gasteiger partial charge in [0.15, 0.2) is 0 Å². The molecule has 0 saturated carbocycles. The van der Waals surface area contributed by atoms with Crippen molar-refractivity contribution in [2.75, 3.05) is 7.11 Å². The maximum absolute atomic E-state index is 6.51. The molecular formula is C20H18ClNO. The fourth-order valence-electron chi connectivity index (χ4n) is 2.88. The number of rotatable bonds is 4. The van der Waals surface area contributed by atoms with Crippen LogP contribution in [0.25, 0.3) is 10.9 Å². The van der Waals surface area contributed by atoms with E-state index in [1.165, 1.54) is 5.56 Å². The number of hydrogen-bond acceptors (Lipinski definition) is 2. The Kier molecular flexibility index (Phi) is 4.53. The fraction of sp³-hybridized carbons (Fsp3) is 0.150. The zero-order valence-corrected chi connectivity index (χ0v) is 13.8. The lowest BCUT2D eigenvalue weighted by atomic mass is 9.87. The lowest BCUT2D eigenvalue weighted by molar-refractivity contribution is 0.415. The molecule has 0 bridgehead atoms. The Bertz CT molecular complexity index is 827. The maximum atomic E-state index is 6.51. The van der Waals surface area contributed by atoms with Crippen LogP contribution in [-0.2, 0) is 0 Å². The largest absolute Gasteiger partial charge is 0.497 e. The third-order valence-corrected chi connectivity index (χ3v) is 4.39. The Morgan fingerprint density at radius 2 is 1.91 bits per heavy atom. The molecule has 0 spiro atoms. The number of aromatic nitrogens is 1. The van der Waals surface area contributed by atoms with E-state index in [1.807, 2.05) is 30.3 Å². The Labute approximate surface area is 142 Å². The molecule has 2 aromatic carbocycles. The minimum atomic E-state index is 0.0979. The van der Waals surface area contributed by atoms with Crippen molar-refractivity contribution in [3.05, 3.63) is 84.2 Å². The van der Waals surface area contributed by atoms with E-state index >= 15 is 0 Å². The van der Waals surface area contributed by atoms with Crippen LogP contribution >= 0.6 is 11.6 Å². The van der Waals surface area contributed by atoms with Crippen molar-refractivity contribution in [3.8, 4) is 5.75 Å². The Balaban J connectivity index is 2.23. The molecule has 0 fully saturated rings. The lowest BCUT2D eigenvalue weighted by Gasteiger charge is -2.20. The first kappa shape index (κ1) is 15.8. The Hall–Kier alpha value is -2.06. The van der Waals surface area contributed by atoms with Gasteiger partial charge in [-0.1, -0.05) is 42.8 Å². The first-order chi connectivity index (χ1) is 11.1. The molecule has 3 rings (SSSR count). The van der Waals surface area contributed by atoms with E-state index in [4.69, 9.17) is 16.3 Å². The summed E-state index contributed by atoms with van der Waals surface area (Å²) in [5.41, 5.74) is 4.10. The van der Waals surface area contributed by atoms with Gasteiger partial charge < -0.3 is 4.74 Å². The molecule has 116 valence electrons. The monoisotopic (exact) mass is 323 g/mol. The van der Waals surface area contributed by atoms with Crippen LogP contribution in [0, 0.1) is 13.8 Å². The molecule has 0 aliphatic rings. The Morgan fingerprint density at radius 3 is 2.57 bits per heavy atom. The number of nitrogens with zero attached hydrogens (tertiary/aromatic N) is 1. The first-order valence-corrected chi connectivity index (χ1v) is 7.85. The van der Waals surface area contributed by atoms with Crippen molar-refractivity contribution in [1.82, 2.24) is 4.98 Å². The van der Waals surface area contributed by atoms with Crippen molar-refractivity contribution >= 4 is 22.5 Å². The number of halogens is 1. The molecule has 0 saturated heterocycles. The molecule has 0 amide bonds. The minimum absolute atomic E-state index is 0.0979. The molecule has 0 aliphatic carbocycles. The summed E-state index contributed by atoms with van der Waals surface area (Å²) < 4.78 is 5.36. The average molecular weight is 324 g/mol. The van der Waals surface area contributed by atoms with Gasteiger partial charge >= 0.3 is 0 Å². The Morgan fingerprint density at radius 1 is 1.17 bits per heavy atom. The van der Waals surface area contributed by atoms with Crippen molar-refractivity contribution in [3.63, 3.8) is 0 Å². The summed E-state index contributed by atoms with van der Waals surface area (Å²) in [6, 6.07) is 14.0. The predicted molar refractivity (Wildman–Crippen MR) is 96.0 cm³/mol. The van der Waals surface area contributed by atoms with Crippen LogP contribution in [0.3, 0.4) is 0 Å². The summed E-state index contributed by atoms with van der Waals surface area (Å²) in [7, 11) is 1.66. The first-order valence-electron chi connectivity index (χ1n) is 7.47. The van der Waals surface area contributed by atoms with Crippen LogP contribution in [0.5, 0.6) is 5.75 Å². The highest BCUT2D eigenvalue weighted by atomic mass is 35.5. The van der Waals surface area contributed by atoms with Crippen LogP contribution in [0.1, 0.15) is 29.0 Å². The van der Waals surface area contributed by atoms with Gasteiger partial charge in [0.1, 0.15) is 5.75 Å². The summed E-state index contributed by atoms with van der Waals surface area (Å²) >= 11 is 6.51. The van der Waals surface area contributed by atoms with Gasteiger partial charge in [0.25, 0.3) is 0 Å². The van der Waals surface area contributed by atoms with E-state index in [2.05, 4.69) is 31.0 Å². The van der Waals surface area contributed by atoms with Crippen molar-refractivity contribution in [2.45, 2.75) is 12.3 Å².